The smallest absolute Gasteiger partial charge is 0.0681 e. The highest BCUT2D eigenvalue weighted by Crippen LogP contribution is 2.15. The third kappa shape index (κ3) is 2.17. The maximum atomic E-state index is 8.75. The summed E-state index contributed by atoms with van der Waals surface area (Å²) in [5.41, 5.74) is 1.73. The van der Waals surface area contributed by atoms with Crippen LogP contribution >= 0.6 is 15.9 Å². The Balaban J connectivity index is 2.90. The van der Waals surface area contributed by atoms with Gasteiger partial charge in [-0.15, -0.1) is 0 Å². The minimum Gasteiger partial charge on any atom is -0.392 e. The molecular weight excluding hydrogens is 204 g/mol. The van der Waals surface area contributed by atoms with E-state index < -0.39 is 0 Å². The maximum absolute atomic E-state index is 8.75. The molecule has 0 aromatic heterocycles. The zero-order chi connectivity index (χ0) is 8.27. The summed E-state index contributed by atoms with van der Waals surface area (Å²) < 4.78 is 1.03. The molecule has 0 amide bonds. The van der Waals surface area contributed by atoms with Gasteiger partial charge in [-0.3, -0.25) is 0 Å². The van der Waals surface area contributed by atoms with Crippen molar-refractivity contribution in [3.05, 3.63) is 40.9 Å². The Kier molecular flexibility index (Phi) is 2.85. The number of aliphatic hydroxyl groups excluding tert-OH is 1. The van der Waals surface area contributed by atoms with Crippen LogP contribution in [0, 0.1) is 0 Å². The van der Waals surface area contributed by atoms with Gasteiger partial charge in [0.25, 0.3) is 0 Å². The highest BCUT2D eigenvalue weighted by molar-refractivity contribution is 9.10. The van der Waals surface area contributed by atoms with Gasteiger partial charge in [-0.2, -0.15) is 0 Å². The summed E-state index contributed by atoms with van der Waals surface area (Å²) in [6, 6.07) is 7.69. The third-order valence-corrected chi connectivity index (χ3v) is 1.97. The molecule has 0 aliphatic carbocycles. The molecule has 0 atom stereocenters. The van der Waals surface area contributed by atoms with Crippen molar-refractivity contribution in [2.45, 2.75) is 0 Å². The summed E-state index contributed by atoms with van der Waals surface area (Å²) >= 11 is 3.32. The Morgan fingerprint density at radius 1 is 1.36 bits per heavy atom. The molecule has 0 saturated carbocycles. The Labute approximate surface area is 74.5 Å². The molecule has 0 saturated heterocycles. The summed E-state index contributed by atoms with van der Waals surface area (Å²) in [5.74, 6) is 0. The lowest BCUT2D eigenvalue weighted by atomic mass is 10.1. The van der Waals surface area contributed by atoms with Crippen molar-refractivity contribution in [3.63, 3.8) is 0 Å². The number of aliphatic hydroxyl groups is 1. The molecule has 0 radical (unpaired) electrons. The largest absolute Gasteiger partial charge is 0.392 e. The number of benzene rings is 1. The summed E-state index contributed by atoms with van der Waals surface area (Å²) in [5, 5.41) is 8.75. The predicted molar refractivity (Wildman–Crippen MR) is 50.3 cm³/mol. The molecule has 0 fully saturated rings. The fourth-order valence-electron chi connectivity index (χ4n) is 0.777. The van der Waals surface area contributed by atoms with Gasteiger partial charge in [0.1, 0.15) is 0 Å². The lowest BCUT2D eigenvalue weighted by Gasteiger charge is -2.00. The van der Waals surface area contributed by atoms with Crippen LogP contribution in [-0.2, 0) is 0 Å². The van der Waals surface area contributed by atoms with E-state index in [0.717, 1.165) is 15.6 Å². The Morgan fingerprint density at radius 3 is 2.36 bits per heavy atom. The van der Waals surface area contributed by atoms with Gasteiger partial charge in [-0.1, -0.05) is 34.6 Å². The van der Waals surface area contributed by atoms with E-state index in [-0.39, 0.29) is 6.61 Å². The van der Waals surface area contributed by atoms with Crippen LogP contribution in [0.15, 0.2) is 35.3 Å². The molecule has 0 aliphatic heterocycles. The normalized spacial score (nSPS) is 9.64. The number of hydrogen-bond acceptors (Lipinski definition) is 1. The van der Waals surface area contributed by atoms with E-state index in [9.17, 15) is 0 Å². The van der Waals surface area contributed by atoms with Crippen molar-refractivity contribution in [1.82, 2.24) is 0 Å². The summed E-state index contributed by atoms with van der Waals surface area (Å²) in [6.45, 7) is 3.72. The van der Waals surface area contributed by atoms with Gasteiger partial charge in [0.05, 0.1) is 6.61 Å². The molecule has 0 bridgehead atoms. The van der Waals surface area contributed by atoms with Gasteiger partial charge in [0.15, 0.2) is 0 Å². The Bertz CT molecular complexity index is 251. The van der Waals surface area contributed by atoms with Crippen LogP contribution in [0.25, 0.3) is 5.57 Å². The van der Waals surface area contributed by atoms with E-state index in [1.165, 1.54) is 0 Å². The quantitative estimate of drug-likeness (QED) is 0.799. The summed E-state index contributed by atoms with van der Waals surface area (Å²) in [6.07, 6.45) is 0. The van der Waals surface area contributed by atoms with Crippen LogP contribution in [0.1, 0.15) is 5.56 Å². The molecule has 0 heterocycles. The van der Waals surface area contributed by atoms with Crippen molar-refractivity contribution in [3.8, 4) is 0 Å². The molecule has 0 spiro atoms. The molecule has 1 aromatic carbocycles. The average Bonchev–Trinajstić information content (AvgIpc) is 2.05. The van der Waals surface area contributed by atoms with Crippen molar-refractivity contribution in [2.24, 2.45) is 0 Å². The van der Waals surface area contributed by atoms with Crippen LogP contribution in [0.3, 0.4) is 0 Å². The summed E-state index contributed by atoms with van der Waals surface area (Å²) in [4.78, 5) is 0. The van der Waals surface area contributed by atoms with Gasteiger partial charge in [-0.25, -0.2) is 0 Å². The van der Waals surface area contributed by atoms with E-state index >= 15 is 0 Å². The SMILES string of the molecule is C=C(CO)c1ccc(Br)cc1. The Morgan fingerprint density at radius 2 is 1.91 bits per heavy atom. The minimum atomic E-state index is 0.0155. The van der Waals surface area contributed by atoms with Crippen molar-refractivity contribution < 1.29 is 5.11 Å². The van der Waals surface area contributed by atoms with Gasteiger partial charge < -0.3 is 5.11 Å². The fraction of sp³-hybridized carbons (Fsp3) is 0.111. The molecule has 0 unspecified atom stereocenters. The topological polar surface area (TPSA) is 20.2 Å². The van der Waals surface area contributed by atoms with E-state index in [1.54, 1.807) is 0 Å². The van der Waals surface area contributed by atoms with E-state index in [0.29, 0.717) is 0 Å². The first-order valence-corrected chi connectivity index (χ1v) is 4.08. The van der Waals surface area contributed by atoms with Crippen molar-refractivity contribution in [2.75, 3.05) is 6.61 Å². The highest BCUT2D eigenvalue weighted by Gasteiger charge is 1.95. The molecule has 2 heteroatoms. The zero-order valence-corrected chi connectivity index (χ0v) is 7.63. The molecule has 11 heavy (non-hydrogen) atoms. The van der Waals surface area contributed by atoms with Crippen molar-refractivity contribution in [1.29, 1.82) is 0 Å². The van der Waals surface area contributed by atoms with Crippen molar-refractivity contribution >= 4 is 21.5 Å². The van der Waals surface area contributed by atoms with E-state index in [2.05, 4.69) is 22.5 Å². The molecule has 0 aliphatic rings. The average molecular weight is 213 g/mol. The first kappa shape index (κ1) is 8.50. The number of halogens is 1. The van der Waals surface area contributed by atoms with Crippen LogP contribution in [-0.4, -0.2) is 11.7 Å². The predicted octanol–water partition coefficient (Wildman–Crippen LogP) is 2.45. The van der Waals surface area contributed by atoms with E-state index in [4.69, 9.17) is 5.11 Å². The molecular formula is C9H9BrO. The number of rotatable bonds is 2. The lowest BCUT2D eigenvalue weighted by molar-refractivity contribution is 0.350. The van der Waals surface area contributed by atoms with Crippen LogP contribution in [0.5, 0.6) is 0 Å². The van der Waals surface area contributed by atoms with Gasteiger partial charge >= 0.3 is 0 Å². The number of hydrogen-bond donors (Lipinski definition) is 1. The first-order chi connectivity index (χ1) is 5.24. The van der Waals surface area contributed by atoms with Crippen LogP contribution in [0.4, 0.5) is 0 Å². The zero-order valence-electron chi connectivity index (χ0n) is 6.05. The maximum Gasteiger partial charge on any atom is 0.0681 e. The second-order valence-electron chi connectivity index (χ2n) is 2.27. The van der Waals surface area contributed by atoms with E-state index in [1.807, 2.05) is 24.3 Å². The van der Waals surface area contributed by atoms with Gasteiger partial charge in [0, 0.05) is 4.47 Å². The molecule has 1 rings (SSSR count). The fourth-order valence-corrected chi connectivity index (χ4v) is 1.04. The first-order valence-electron chi connectivity index (χ1n) is 3.28. The molecule has 58 valence electrons. The third-order valence-electron chi connectivity index (χ3n) is 1.44. The molecule has 1 nitrogen and oxygen atoms in total. The Hall–Kier alpha value is -0.600. The standard InChI is InChI=1S/C9H9BrO/c1-7(6-11)8-2-4-9(10)5-3-8/h2-5,11H,1,6H2. The van der Waals surface area contributed by atoms with Gasteiger partial charge in [-0.05, 0) is 23.3 Å². The lowest BCUT2D eigenvalue weighted by Crippen LogP contribution is -1.86. The highest BCUT2D eigenvalue weighted by atomic mass is 79.9. The second-order valence-corrected chi connectivity index (χ2v) is 3.18. The molecule has 1 N–H and O–H groups in total. The van der Waals surface area contributed by atoms with Crippen LogP contribution in [0.2, 0.25) is 0 Å². The molecule has 1 aromatic rings. The second kappa shape index (κ2) is 3.69. The van der Waals surface area contributed by atoms with Gasteiger partial charge in [0.2, 0.25) is 0 Å². The van der Waals surface area contributed by atoms with Crippen LogP contribution < -0.4 is 0 Å². The minimum absolute atomic E-state index is 0.0155. The summed E-state index contributed by atoms with van der Waals surface area (Å²) in [7, 11) is 0. The monoisotopic (exact) mass is 212 g/mol.